The SMILES string of the molecule is Cc1ccsc1CN(C)C(=O)[C@@H](C)OCC(C)C. The van der Waals surface area contributed by atoms with Crippen LogP contribution in [-0.4, -0.2) is 30.6 Å². The summed E-state index contributed by atoms with van der Waals surface area (Å²) in [5.74, 6) is 0.494. The highest BCUT2D eigenvalue weighted by molar-refractivity contribution is 7.10. The molecular weight excluding hydrogens is 246 g/mol. The van der Waals surface area contributed by atoms with E-state index in [2.05, 4.69) is 32.2 Å². The predicted molar refractivity (Wildman–Crippen MR) is 75.8 cm³/mol. The van der Waals surface area contributed by atoms with Crippen LogP contribution >= 0.6 is 11.3 Å². The summed E-state index contributed by atoms with van der Waals surface area (Å²) in [5.41, 5.74) is 1.25. The third kappa shape index (κ3) is 4.42. The number of hydrogen-bond donors (Lipinski definition) is 0. The summed E-state index contributed by atoms with van der Waals surface area (Å²) >= 11 is 1.69. The lowest BCUT2D eigenvalue weighted by atomic mass is 10.2. The fourth-order valence-electron chi connectivity index (χ4n) is 1.58. The van der Waals surface area contributed by atoms with Crippen LogP contribution in [0, 0.1) is 12.8 Å². The first-order chi connectivity index (χ1) is 8.41. The number of carbonyl (C=O) groups is 1. The van der Waals surface area contributed by atoms with Gasteiger partial charge in [0.25, 0.3) is 5.91 Å². The Bertz CT molecular complexity index is 387. The van der Waals surface area contributed by atoms with E-state index in [9.17, 15) is 4.79 Å². The van der Waals surface area contributed by atoms with Gasteiger partial charge in [0.2, 0.25) is 0 Å². The first kappa shape index (κ1) is 15.2. The van der Waals surface area contributed by atoms with Crippen molar-refractivity contribution in [1.82, 2.24) is 4.90 Å². The third-order valence-corrected chi connectivity index (χ3v) is 3.76. The van der Waals surface area contributed by atoms with Crippen molar-refractivity contribution >= 4 is 17.2 Å². The maximum atomic E-state index is 12.1. The molecule has 0 radical (unpaired) electrons. The zero-order valence-electron chi connectivity index (χ0n) is 11.9. The first-order valence-electron chi connectivity index (χ1n) is 6.31. The minimum absolute atomic E-state index is 0.0449. The molecule has 3 nitrogen and oxygen atoms in total. The van der Waals surface area contributed by atoms with Gasteiger partial charge in [0.05, 0.1) is 6.54 Å². The first-order valence-corrected chi connectivity index (χ1v) is 7.19. The predicted octanol–water partition coefficient (Wildman–Crippen LogP) is 3.08. The largest absolute Gasteiger partial charge is 0.368 e. The molecule has 1 heterocycles. The Hall–Kier alpha value is -0.870. The van der Waals surface area contributed by atoms with Crippen LogP contribution in [0.2, 0.25) is 0 Å². The second-order valence-electron chi connectivity index (χ2n) is 5.09. The Balaban J connectivity index is 2.48. The summed E-state index contributed by atoms with van der Waals surface area (Å²) in [6, 6.07) is 2.08. The maximum Gasteiger partial charge on any atom is 0.251 e. The molecule has 0 saturated carbocycles. The summed E-state index contributed by atoms with van der Waals surface area (Å²) in [5, 5.41) is 2.06. The van der Waals surface area contributed by atoms with Gasteiger partial charge < -0.3 is 9.64 Å². The topological polar surface area (TPSA) is 29.5 Å². The van der Waals surface area contributed by atoms with Crippen molar-refractivity contribution in [3.8, 4) is 0 Å². The molecule has 1 amide bonds. The van der Waals surface area contributed by atoms with Gasteiger partial charge in [0.1, 0.15) is 6.10 Å². The summed E-state index contributed by atoms with van der Waals surface area (Å²) < 4.78 is 5.55. The number of carbonyl (C=O) groups excluding carboxylic acids is 1. The molecule has 0 aliphatic carbocycles. The fourth-order valence-corrected chi connectivity index (χ4v) is 2.54. The van der Waals surface area contributed by atoms with Crippen molar-refractivity contribution < 1.29 is 9.53 Å². The number of nitrogens with zero attached hydrogens (tertiary/aromatic N) is 1. The Labute approximate surface area is 114 Å². The van der Waals surface area contributed by atoms with E-state index < -0.39 is 0 Å². The molecule has 0 bridgehead atoms. The molecule has 0 saturated heterocycles. The van der Waals surface area contributed by atoms with Crippen LogP contribution < -0.4 is 0 Å². The van der Waals surface area contributed by atoms with E-state index >= 15 is 0 Å². The summed E-state index contributed by atoms with van der Waals surface area (Å²) in [6.45, 7) is 9.34. The monoisotopic (exact) mass is 269 g/mol. The molecule has 0 fully saturated rings. The van der Waals surface area contributed by atoms with Gasteiger partial charge in [-0.05, 0) is 36.8 Å². The number of amides is 1. The standard InChI is InChI=1S/C14H23NO2S/c1-10(2)9-17-12(4)14(16)15(5)8-13-11(3)6-7-18-13/h6-7,10,12H,8-9H2,1-5H3/t12-/m1/s1. The van der Waals surface area contributed by atoms with Gasteiger partial charge in [-0.3, -0.25) is 4.79 Å². The van der Waals surface area contributed by atoms with Crippen molar-refractivity contribution in [2.45, 2.75) is 40.3 Å². The summed E-state index contributed by atoms with van der Waals surface area (Å²) in [4.78, 5) is 15.1. The van der Waals surface area contributed by atoms with Crippen molar-refractivity contribution in [3.63, 3.8) is 0 Å². The molecule has 1 atom stereocenters. The van der Waals surface area contributed by atoms with E-state index in [1.165, 1.54) is 10.4 Å². The lowest BCUT2D eigenvalue weighted by molar-refractivity contribution is -0.142. The van der Waals surface area contributed by atoms with Crippen LogP contribution in [0.15, 0.2) is 11.4 Å². The number of thiophene rings is 1. The maximum absolute atomic E-state index is 12.1. The molecular formula is C14H23NO2S. The van der Waals surface area contributed by atoms with Gasteiger partial charge in [-0.25, -0.2) is 0 Å². The van der Waals surface area contributed by atoms with E-state index in [0.29, 0.717) is 19.1 Å². The lowest BCUT2D eigenvalue weighted by Crippen LogP contribution is -2.36. The summed E-state index contributed by atoms with van der Waals surface area (Å²) in [7, 11) is 1.83. The van der Waals surface area contributed by atoms with Gasteiger partial charge in [-0.1, -0.05) is 13.8 Å². The Kier molecular flexibility index (Phi) is 5.82. The highest BCUT2D eigenvalue weighted by Gasteiger charge is 2.19. The van der Waals surface area contributed by atoms with Crippen LogP contribution in [0.25, 0.3) is 0 Å². The number of ether oxygens (including phenoxy) is 1. The molecule has 102 valence electrons. The fraction of sp³-hybridized carbons (Fsp3) is 0.643. The number of rotatable bonds is 6. The summed E-state index contributed by atoms with van der Waals surface area (Å²) in [6.07, 6.45) is -0.363. The molecule has 0 N–H and O–H groups in total. The van der Waals surface area contributed by atoms with Crippen molar-refractivity contribution in [2.24, 2.45) is 5.92 Å². The zero-order chi connectivity index (χ0) is 13.7. The van der Waals surface area contributed by atoms with E-state index in [1.54, 1.807) is 16.2 Å². The smallest absolute Gasteiger partial charge is 0.251 e. The minimum atomic E-state index is -0.363. The van der Waals surface area contributed by atoms with Crippen LogP contribution in [-0.2, 0) is 16.1 Å². The molecule has 0 aliphatic rings. The third-order valence-electron chi connectivity index (χ3n) is 2.75. The van der Waals surface area contributed by atoms with E-state index in [-0.39, 0.29) is 12.0 Å². The number of hydrogen-bond acceptors (Lipinski definition) is 3. The molecule has 1 aromatic heterocycles. The Morgan fingerprint density at radius 3 is 2.61 bits per heavy atom. The van der Waals surface area contributed by atoms with Crippen LogP contribution in [0.5, 0.6) is 0 Å². The average Bonchev–Trinajstić information content (AvgIpc) is 2.70. The van der Waals surface area contributed by atoms with Gasteiger partial charge >= 0.3 is 0 Å². The van der Waals surface area contributed by atoms with Crippen LogP contribution in [0.3, 0.4) is 0 Å². The lowest BCUT2D eigenvalue weighted by Gasteiger charge is -2.22. The van der Waals surface area contributed by atoms with E-state index in [1.807, 2.05) is 14.0 Å². The van der Waals surface area contributed by atoms with Gasteiger partial charge in [-0.2, -0.15) is 0 Å². The molecule has 0 spiro atoms. The van der Waals surface area contributed by atoms with Crippen LogP contribution in [0.1, 0.15) is 31.2 Å². The highest BCUT2D eigenvalue weighted by atomic mass is 32.1. The number of aryl methyl sites for hydroxylation is 1. The second-order valence-corrected chi connectivity index (χ2v) is 6.09. The van der Waals surface area contributed by atoms with Crippen molar-refractivity contribution in [3.05, 3.63) is 21.9 Å². The molecule has 0 unspecified atom stereocenters. The Morgan fingerprint density at radius 1 is 1.44 bits per heavy atom. The van der Waals surface area contributed by atoms with Gasteiger partial charge in [0, 0.05) is 18.5 Å². The minimum Gasteiger partial charge on any atom is -0.368 e. The second kappa shape index (κ2) is 6.90. The average molecular weight is 269 g/mol. The molecule has 0 aromatic carbocycles. The van der Waals surface area contributed by atoms with E-state index in [4.69, 9.17) is 4.74 Å². The van der Waals surface area contributed by atoms with E-state index in [0.717, 1.165) is 0 Å². The normalized spacial score (nSPS) is 12.8. The van der Waals surface area contributed by atoms with Gasteiger partial charge in [-0.15, -0.1) is 11.3 Å². The molecule has 1 rings (SSSR count). The van der Waals surface area contributed by atoms with Crippen molar-refractivity contribution in [2.75, 3.05) is 13.7 Å². The quantitative estimate of drug-likeness (QED) is 0.794. The Morgan fingerprint density at radius 2 is 2.11 bits per heavy atom. The van der Waals surface area contributed by atoms with Crippen LogP contribution in [0.4, 0.5) is 0 Å². The molecule has 18 heavy (non-hydrogen) atoms. The zero-order valence-corrected chi connectivity index (χ0v) is 12.7. The number of likely N-dealkylation sites (N-methyl/N-ethyl adjacent to an activating group) is 1. The molecule has 4 heteroatoms. The molecule has 1 aromatic rings. The van der Waals surface area contributed by atoms with Crippen molar-refractivity contribution in [1.29, 1.82) is 0 Å². The van der Waals surface area contributed by atoms with Gasteiger partial charge in [0.15, 0.2) is 0 Å². The molecule has 0 aliphatic heterocycles. The highest BCUT2D eigenvalue weighted by Crippen LogP contribution is 2.17.